The van der Waals surface area contributed by atoms with Crippen LogP contribution in [0.15, 0.2) is 24.4 Å². The highest BCUT2D eigenvalue weighted by Crippen LogP contribution is 2.24. The first-order valence-corrected chi connectivity index (χ1v) is 10.1. The van der Waals surface area contributed by atoms with Gasteiger partial charge < -0.3 is 9.80 Å². The molecule has 2 saturated heterocycles. The van der Waals surface area contributed by atoms with E-state index in [1.807, 2.05) is 30.0 Å². The number of pyridine rings is 1. The van der Waals surface area contributed by atoms with Crippen molar-refractivity contribution in [3.8, 4) is 11.5 Å². The number of aryl methyl sites for hydroxylation is 1. The molecule has 0 atom stereocenters. The van der Waals surface area contributed by atoms with Crippen molar-refractivity contribution in [2.45, 2.75) is 26.7 Å². The van der Waals surface area contributed by atoms with Crippen LogP contribution in [-0.2, 0) is 4.79 Å². The molecule has 7 heteroatoms. The van der Waals surface area contributed by atoms with Crippen LogP contribution in [0.25, 0.3) is 11.5 Å². The topological polar surface area (TPSA) is 65.5 Å². The Kier molecular flexibility index (Phi) is 5.52. The van der Waals surface area contributed by atoms with Crippen molar-refractivity contribution in [2.24, 2.45) is 0 Å². The molecule has 7 nitrogen and oxygen atoms in total. The SMILES string of the molecule is Cc1nc(-c2ccccn2)nc(N2CCN(C(=O)CN3CCCC3)CC2)c1C. The highest BCUT2D eigenvalue weighted by atomic mass is 16.2. The van der Waals surface area contributed by atoms with Crippen molar-refractivity contribution in [1.29, 1.82) is 0 Å². The Labute approximate surface area is 166 Å². The average Bonchev–Trinajstić information content (AvgIpc) is 3.24. The second-order valence-electron chi connectivity index (χ2n) is 7.65. The lowest BCUT2D eigenvalue weighted by molar-refractivity contribution is -0.132. The first kappa shape index (κ1) is 18.8. The maximum atomic E-state index is 12.6. The summed E-state index contributed by atoms with van der Waals surface area (Å²) in [6, 6.07) is 5.78. The van der Waals surface area contributed by atoms with Crippen LogP contribution in [0.5, 0.6) is 0 Å². The van der Waals surface area contributed by atoms with E-state index in [0.29, 0.717) is 12.4 Å². The van der Waals surface area contributed by atoms with Gasteiger partial charge >= 0.3 is 0 Å². The number of piperazine rings is 1. The fraction of sp³-hybridized carbons (Fsp3) is 0.524. The molecule has 4 heterocycles. The van der Waals surface area contributed by atoms with Gasteiger partial charge in [-0.1, -0.05) is 6.07 Å². The summed E-state index contributed by atoms with van der Waals surface area (Å²) >= 11 is 0. The monoisotopic (exact) mass is 380 g/mol. The Hall–Kier alpha value is -2.54. The lowest BCUT2D eigenvalue weighted by Crippen LogP contribution is -2.51. The van der Waals surface area contributed by atoms with Gasteiger partial charge in [0.25, 0.3) is 0 Å². The number of hydrogen-bond acceptors (Lipinski definition) is 6. The predicted molar refractivity (Wildman–Crippen MR) is 109 cm³/mol. The zero-order chi connectivity index (χ0) is 19.5. The molecular weight excluding hydrogens is 352 g/mol. The first-order chi connectivity index (χ1) is 13.6. The molecule has 2 fully saturated rings. The Balaban J connectivity index is 1.45. The summed E-state index contributed by atoms with van der Waals surface area (Å²) in [5.74, 6) is 1.87. The van der Waals surface area contributed by atoms with Gasteiger partial charge in [0.1, 0.15) is 11.5 Å². The standard InChI is InChI=1S/C21H28N6O/c1-16-17(2)23-20(18-7-3-4-8-22-18)24-21(16)27-13-11-26(12-14-27)19(28)15-25-9-5-6-10-25/h3-4,7-8H,5-6,9-15H2,1-2H3. The van der Waals surface area contributed by atoms with Gasteiger partial charge in [-0.25, -0.2) is 9.97 Å². The largest absolute Gasteiger partial charge is 0.353 e. The minimum atomic E-state index is 0.256. The maximum Gasteiger partial charge on any atom is 0.236 e. The van der Waals surface area contributed by atoms with Crippen LogP contribution < -0.4 is 4.90 Å². The highest BCUT2D eigenvalue weighted by molar-refractivity contribution is 5.78. The van der Waals surface area contributed by atoms with Crippen molar-refractivity contribution in [3.05, 3.63) is 35.7 Å². The maximum absolute atomic E-state index is 12.6. The molecule has 0 radical (unpaired) electrons. The molecule has 0 spiro atoms. The second-order valence-corrected chi connectivity index (χ2v) is 7.65. The third kappa shape index (κ3) is 3.99. The number of aromatic nitrogens is 3. The summed E-state index contributed by atoms with van der Waals surface area (Å²) in [5, 5.41) is 0. The molecule has 0 bridgehead atoms. The molecule has 2 aromatic heterocycles. The van der Waals surface area contributed by atoms with E-state index in [0.717, 1.165) is 62.0 Å². The lowest BCUT2D eigenvalue weighted by atomic mass is 10.2. The molecule has 4 rings (SSSR count). The van der Waals surface area contributed by atoms with Crippen LogP contribution >= 0.6 is 0 Å². The Morgan fingerprint density at radius 3 is 2.43 bits per heavy atom. The van der Waals surface area contributed by atoms with Crippen LogP contribution in [0.3, 0.4) is 0 Å². The van der Waals surface area contributed by atoms with Gasteiger partial charge in [-0.05, 0) is 51.9 Å². The van der Waals surface area contributed by atoms with E-state index >= 15 is 0 Å². The van der Waals surface area contributed by atoms with E-state index in [-0.39, 0.29) is 5.91 Å². The quantitative estimate of drug-likeness (QED) is 0.807. The molecule has 0 N–H and O–H groups in total. The lowest BCUT2D eigenvalue weighted by Gasteiger charge is -2.36. The van der Waals surface area contributed by atoms with Gasteiger partial charge in [-0.2, -0.15) is 0 Å². The van der Waals surface area contributed by atoms with E-state index in [1.54, 1.807) is 6.20 Å². The van der Waals surface area contributed by atoms with Gasteiger partial charge in [0.2, 0.25) is 5.91 Å². The Bertz CT molecular complexity index is 826. The molecule has 148 valence electrons. The van der Waals surface area contributed by atoms with Crippen molar-refractivity contribution >= 4 is 11.7 Å². The summed E-state index contributed by atoms with van der Waals surface area (Å²) in [4.78, 5) is 33.0. The van der Waals surface area contributed by atoms with Crippen LogP contribution in [0.2, 0.25) is 0 Å². The molecule has 0 unspecified atom stereocenters. The van der Waals surface area contributed by atoms with E-state index in [9.17, 15) is 4.79 Å². The van der Waals surface area contributed by atoms with Gasteiger partial charge in [0.15, 0.2) is 5.82 Å². The van der Waals surface area contributed by atoms with Gasteiger partial charge in [0, 0.05) is 43.6 Å². The highest BCUT2D eigenvalue weighted by Gasteiger charge is 2.26. The number of amides is 1. The summed E-state index contributed by atoms with van der Waals surface area (Å²) < 4.78 is 0. The smallest absolute Gasteiger partial charge is 0.236 e. The number of rotatable bonds is 4. The van der Waals surface area contributed by atoms with Gasteiger partial charge in [0.05, 0.1) is 6.54 Å². The molecule has 2 aromatic rings. The van der Waals surface area contributed by atoms with E-state index in [4.69, 9.17) is 4.98 Å². The van der Waals surface area contributed by atoms with Crippen LogP contribution in [0, 0.1) is 13.8 Å². The van der Waals surface area contributed by atoms with E-state index in [1.165, 1.54) is 12.8 Å². The molecule has 2 aliphatic heterocycles. The predicted octanol–water partition coefficient (Wildman–Crippen LogP) is 1.90. The molecule has 28 heavy (non-hydrogen) atoms. The number of nitrogens with zero attached hydrogens (tertiary/aromatic N) is 6. The van der Waals surface area contributed by atoms with Gasteiger partial charge in [-0.15, -0.1) is 0 Å². The van der Waals surface area contributed by atoms with Crippen LogP contribution in [-0.4, -0.2) is 76.5 Å². The molecule has 0 aliphatic carbocycles. The summed E-state index contributed by atoms with van der Waals surface area (Å²) in [6.45, 7) is 9.84. The normalized spacial score (nSPS) is 17.9. The summed E-state index contributed by atoms with van der Waals surface area (Å²) in [6.07, 6.45) is 4.19. The molecule has 0 saturated carbocycles. The summed E-state index contributed by atoms with van der Waals surface area (Å²) in [7, 11) is 0. The number of anilines is 1. The molecule has 2 aliphatic rings. The van der Waals surface area contributed by atoms with Crippen molar-refractivity contribution in [3.63, 3.8) is 0 Å². The summed E-state index contributed by atoms with van der Waals surface area (Å²) in [5.41, 5.74) is 2.85. The minimum Gasteiger partial charge on any atom is -0.353 e. The second kappa shape index (κ2) is 8.22. The first-order valence-electron chi connectivity index (χ1n) is 10.1. The number of carbonyl (C=O) groups is 1. The zero-order valence-electron chi connectivity index (χ0n) is 16.8. The zero-order valence-corrected chi connectivity index (χ0v) is 16.8. The Morgan fingerprint density at radius 2 is 1.75 bits per heavy atom. The van der Waals surface area contributed by atoms with Crippen molar-refractivity contribution in [2.75, 3.05) is 50.7 Å². The van der Waals surface area contributed by atoms with E-state index in [2.05, 4.69) is 26.7 Å². The number of hydrogen-bond donors (Lipinski definition) is 0. The third-order valence-corrected chi connectivity index (χ3v) is 5.75. The van der Waals surface area contributed by atoms with Crippen LogP contribution in [0.4, 0.5) is 5.82 Å². The minimum absolute atomic E-state index is 0.256. The molecule has 1 amide bonds. The van der Waals surface area contributed by atoms with E-state index < -0.39 is 0 Å². The fourth-order valence-electron chi connectivity index (χ4n) is 3.93. The van der Waals surface area contributed by atoms with Gasteiger partial charge in [-0.3, -0.25) is 14.7 Å². The van der Waals surface area contributed by atoms with Crippen molar-refractivity contribution in [1.82, 2.24) is 24.8 Å². The van der Waals surface area contributed by atoms with Crippen molar-refractivity contribution < 1.29 is 4.79 Å². The van der Waals surface area contributed by atoms with Crippen LogP contribution in [0.1, 0.15) is 24.1 Å². The molecule has 0 aromatic carbocycles. The third-order valence-electron chi connectivity index (χ3n) is 5.75. The molecular formula is C21H28N6O. The fourth-order valence-corrected chi connectivity index (χ4v) is 3.93. The Morgan fingerprint density at radius 1 is 1.00 bits per heavy atom. The average molecular weight is 380 g/mol. The number of likely N-dealkylation sites (tertiary alicyclic amines) is 1. The number of carbonyl (C=O) groups excluding carboxylic acids is 1.